The van der Waals surface area contributed by atoms with E-state index >= 15 is 0 Å². The summed E-state index contributed by atoms with van der Waals surface area (Å²) in [5, 5.41) is 28.6. The SMILES string of the molecule is COc1cc(C(=O)C(C=N)c2ccc(O)c(OC(=O)N3CCN(CCNC(=O)OC4CCC(Nc5cc(-n6nc(C(F)(F)F)c7c6CC(C)(C)CC7=O)ccc5C(N)=O)CC4)CC3)c2)cc(OC)c1OC. The van der Waals surface area contributed by atoms with Crippen LogP contribution in [0.4, 0.5) is 28.4 Å². The zero-order valence-electron chi connectivity index (χ0n) is 39.9. The number of amides is 3. The minimum Gasteiger partial charge on any atom is -0.504 e. The van der Waals surface area contributed by atoms with Gasteiger partial charge in [-0.2, -0.15) is 18.3 Å². The number of rotatable bonds is 16. The number of anilines is 1. The van der Waals surface area contributed by atoms with Gasteiger partial charge in [0.15, 0.2) is 40.3 Å². The molecule has 0 radical (unpaired) electrons. The number of Topliss-reactive ketones (excluding diaryl/α,β-unsaturated/α-hetero) is 2. The van der Waals surface area contributed by atoms with Crippen LogP contribution in [0.25, 0.3) is 5.69 Å². The standard InChI is InChI=1S/C49H57F3N8O11/c1-48(2)24-35-41(37(62)25-48)44(49(50,51)52)57-60(35)30-9-12-32(45(54)64)34(23-30)56-29-7-10-31(11-8-29)70-46(65)55-14-15-58-16-18-59(19-17-58)47(66)71-38-20-27(6-13-36(38)61)33(26-53)42(63)28-21-39(67-3)43(69-5)40(22-28)68-4/h6,9,12-13,20-23,26,29,31,33,53,56,61H,7-8,10-11,14-19,24-25H2,1-5H3,(H2,54,64)(H,55,65). The van der Waals surface area contributed by atoms with Crippen LogP contribution >= 0.6 is 0 Å². The average Bonchev–Trinajstić information content (AvgIpc) is 3.72. The molecular formula is C49H57F3N8O11. The number of nitrogens with two attached hydrogens (primary N) is 1. The number of hydrogen-bond donors (Lipinski definition) is 5. The summed E-state index contributed by atoms with van der Waals surface area (Å²) in [6, 6.07) is 11.2. The van der Waals surface area contributed by atoms with Crippen LogP contribution in [0.15, 0.2) is 48.5 Å². The van der Waals surface area contributed by atoms with Gasteiger partial charge in [-0.05, 0) is 85.5 Å². The number of methoxy groups -OCH3 is 3. The number of fused-ring (bicyclic) bond motifs is 1. The molecule has 1 unspecified atom stereocenters. The first-order chi connectivity index (χ1) is 33.7. The number of hydrogen-bond acceptors (Lipinski definition) is 15. The van der Waals surface area contributed by atoms with Gasteiger partial charge >= 0.3 is 18.4 Å². The highest BCUT2D eigenvalue weighted by atomic mass is 19.4. The maximum absolute atomic E-state index is 14.1. The number of carbonyl (C=O) groups is 5. The molecule has 1 aliphatic heterocycles. The van der Waals surface area contributed by atoms with E-state index in [1.807, 2.05) is 13.8 Å². The van der Waals surface area contributed by atoms with Crippen molar-refractivity contribution in [1.29, 1.82) is 5.41 Å². The fraction of sp³-hybridized carbons (Fsp3) is 0.449. The van der Waals surface area contributed by atoms with Gasteiger partial charge in [0, 0.05) is 69.2 Å². The number of phenols is 1. The zero-order chi connectivity index (χ0) is 51.4. The number of aromatic hydroxyl groups is 1. The Bertz CT molecular complexity index is 2670. The molecule has 3 aliphatic rings. The van der Waals surface area contributed by atoms with E-state index in [2.05, 4.69) is 20.6 Å². The van der Waals surface area contributed by atoms with Gasteiger partial charge in [0.05, 0.1) is 49.8 Å². The van der Waals surface area contributed by atoms with Crippen LogP contribution in [0, 0.1) is 10.8 Å². The molecule has 380 valence electrons. The molecule has 3 aromatic carbocycles. The highest BCUT2D eigenvalue weighted by Crippen LogP contribution is 2.43. The number of nitrogens with zero attached hydrogens (tertiary/aromatic N) is 4. The first-order valence-corrected chi connectivity index (χ1v) is 23.0. The van der Waals surface area contributed by atoms with E-state index in [1.54, 1.807) is 0 Å². The quantitative estimate of drug-likeness (QED) is 0.0575. The summed E-state index contributed by atoms with van der Waals surface area (Å²) in [7, 11) is 4.26. The Kier molecular flexibility index (Phi) is 15.5. The molecule has 3 amide bonds. The van der Waals surface area contributed by atoms with Gasteiger partial charge < -0.3 is 55.5 Å². The number of alkyl carbamates (subject to hydrolysis) is 1. The lowest BCUT2D eigenvalue weighted by Crippen LogP contribution is -2.51. The fourth-order valence-corrected chi connectivity index (χ4v) is 9.26. The molecule has 22 heteroatoms. The number of nitrogens with one attached hydrogen (secondary N) is 3. The summed E-state index contributed by atoms with van der Waals surface area (Å²) in [5.74, 6) is -2.67. The molecule has 0 bridgehead atoms. The van der Waals surface area contributed by atoms with Crippen molar-refractivity contribution in [3.8, 4) is 34.4 Å². The number of benzene rings is 3. The van der Waals surface area contributed by atoms with E-state index in [1.165, 1.54) is 74.8 Å². The van der Waals surface area contributed by atoms with E-state index in [9.17, 15) is 42.3 Å². The van der Waals surface area contributed by atoms with Crippen molar-refractivity contribution in [2.24, 2.45) is 11.1 Å². The molecule has 1 saturated carbocycles. The number of halogens is 3. The topological polar surface area (TPSA) is 250 Å². The monoisotopic (exact) mass is 990 g/mol. The van der Waals surface area contributed by atoms with Crippen LogP contribution in [-0.4, -0.2) is 133 Å². The molecule has 2 fully saturated rings. The summed E-state index contributed by atoms with van der Waals surface area (Å²) >= 11 is 0. The fourth-order valence-electron chi connectivity index (χ4n) is 9.26. The Morgan fingerprint density at radius 2 is 1.61 bits per heavy atom. The van der Waals surface area contributed by atoms with Crippen molar-refractivity contribution >= 4 is 41.6 Å². The van der Waals surface area contributed by atoms with Crippen molar-refractivity contribution in [2.45, 2.75) is 76.6 Å². The summed E-state index contributed by atoms with van der Waals surface area (Å²) in [6.07, 6.45) is -3.41. The van der Waals surface area contributed by atoms with Crippen LogP contribution in [0.3, 0.4) is 0 Å². The highest BCUT2D eigenvalue weighted by Gasteiger charge is 2.45. The molecule has 6 N–H and O–H groups in total. The van der Waals surface area contributed by atoms with Crippen LogP contribution in [0.1, 0.15) is 99.9 Å². The third-order valence-corrected chi connectivity index (χ3v) is 12.9. The lowest BCUT2D eigenvalue weighted by molar-refractivity contribution is -0.141. The first kappa shape index (κ1) is 51.5. The number of phenolic OH excluding ortho intramolecular Hbond substituents is 1. The molecular weight excluding hydrogens is 934 g/mol. The smallest absolute Gasteiger partial charge is 0.435 e. The van der Waals surface area contributed by atoms with E-state index in [0.717, 1.165) is 10.9 Å². The molecule has 2 aliphatic carbocycles. The second-order valence-electron chi connectivity index (χ2n) is 18.4. The van der Waals surface area contributed by atoms with E-state index in [-0.39, 0.29) is 77.0 Å². The molecule has 0 spiro atoms. The van der Waals surface area contributed by atoms with Gasteiger partial charge in [0.25, 0.3) is 5.91 Å². The Labute approximate surface area is 407 Å². The van der Waals surface area contributed by atoms with Crippen molar-refractivity contribution in [1.82, 2.24) is 24.9 Å². The first-order valence-electron chi connectivity index (χ1n) is 23.0. The van der Waals surface area contributed by atoms with Gasteiger partial charge in [-0.15, -0.1) is 0 Å². The molecule has 2 heterocycles. The third kappa shape index (κ3) is 11.6. The minimum absolute atomic E-state index is 0.0474. The number of primary amides is 1. The highest BCUT2D eigenvalue weighted by molar-refractivity contribution is 6.10. The van der Waals surface area contributed by atoms with Gasteiger partial charge in [-0.3, -0.25) is 19.3 Å². The van der Waals surface area contributed by atoms with Crippen molar-refractivity contribution in [3.63, 3.8) is 0 Å². The molecule has 1 saturated heterocycles. The summed E-state index contributed by atoms with van der Waals surface area (Å²) < 4.78 is 70.8. The third-order valence-electron chi connectivity index (χ3n) is 12.9. The predicted molar refractivity (Wildman–Crippen MR) is 252 cm³/mol. The Morgan fingerprint density at radius 1 is 0.930 bits per heavy atom. The number of piperazine rings is 1. The largest absolute Gasteiger partial charge is 0.504 e. The lowest BCUT2D eigenvalue weighted by atomic mass is 9.75. The van der Waals surface area contributed by atoms with Crippen molar-refractivity contribution < 1.29 is 65.9 Å². The summed E-state index contributed by atoms with van der Waals surface area (Å²) in [4.78, 5) is 68.6. The summed E-state index contributed by atoms with van der Waals surface area (Å²) in [5.41, 5.74) is 4.71. The Hall–Kier alpha value is -7.36. The number of carbonyl (C=O) groups excluding carboxylic acids is 5. The van der Waals surface area contributed by atoms with E-state index < -0.39 is 58.4 Å². The molecule has 7 rings (SSSR count). The molecule has 4 aromatic rings. The van der Waals surface area contributed by atoms with E-state index in [4.69, 9.17) is 34.8 Å². The predicted octanol–water partition coefficient (Wildman–Crippen LogP) is 6.76. The number of aromatic nitrogens is 2. The number of ether oxygens (including phenoxy) is 5. The van der Waals surface area contributed by atoms with Crippen molar-refractivity contribution in [2.75, 3.05) is 65.9 Å². The zero-order valence-corrected chi connectivity index (χ0v) is 39.9. The Balaban J connectivity index is 0.863. The van der Waals surface area contributed by atoms with Gasteiger partial charge in [0.2, 0.25) is 5.75 Å². The van der Waals surface area contributed by atoms with Crippen LogP contribution in [-0.2, 0) is 17.3 Å². The number of alkyl halides is 3. The molecule has 71 heavy (non-hydrogen) atoms. The second kappa shape index (κ2) is 21.3. The van der Waals surface area contributed by atoms with E-state index in [0.29, 0.717) is 75.4 Å². The van der Waals surface area contributed by atoms with Crippen LogP contribution < -0.4 is 35.3 Å². The van der Waals surface area contributed by atoms with Crippen LogP contribution in [0.5, 0.6) is 28.7 Å². The average molecular weight is 991 g/mol. The van der Waals surface area contributed by atoms with Crippen molar-refractivity contribution in [3.05, 3.63) is 82.2 Å². The maximum atomic E-state index is 14.1. The second-order valence-corrected chi connectivity index (χ2v) is 18.4. The van der Waals surface area contributed by atoms with Gasteiger partial charge in [-0.25, -0.2) is 14.3 Å². The van der Waals surface area contributed by atoms with Crippen LogP contribution in [0.2, 0.25) is 0 Å². The minimum atomic E-state index is -4.85. The molecule has 1 aromatic heterocycles. The van der Waals surface area contributed by atoms with Gasteiger partial charge in [-0.1, -0.05) is 19.9 Å². The molecule has 19 nitrogen and oxygen atoms in total. The number of ketones is 2. The Morgan fingerprint density at radius 3 is 2.21 bits per heavy atom. The molecule has 1 atom stereocenters. The lowest BCUT2D eigenvalue weighted by Gasteiger charge is -2.34. The van der Waals surface area contributed by atoms with Gasteiger partial charge in [0.1, 0.15) is 6.10 Å². The normalized spacial score (nSPS) is 18.4. The summed E-state index contributed by atoms with van der Waals surface area (Å²) in [6.45, 7) is 5.86. The maximum Gasteiger partial charge on any atom is 0.435 e.